The van der Waals surface area contributed by atoms with Crippen molar-refractivity contribution in [2.75, 3.05) is 19.8 Å². The van der Waals surface area contributed by atoms with Crippen LogP contribution in [0.1, 0.15) is 84.0 Å². The van der Waals surface area contributed by atoms with Crippen LogP contribution in [0.15, 0.2) is 0 Å². The van der Waals surface area contributed by atoms with E-state index < -0.39 is 74.6 Å². The summed E-state index contributed by atoms with van der Waals surface area (Å²) in [5.74, 6) is 0. The van der Waals surface area contributed by atoms with E-state index in [0.29, 0.717) is 6.61 Å². The molecular formula is C26H50O11. The standard InChI is InChI=1S/C26H50O11/c1-2-3-4-5-6-7-8-9-10-11-12-13-14-34-25-23(33)21(31)24(18(16-28)36-25)37-26-22(32)20(30)19(29)17(15-27)35-26/h17-33H,2-16H2,1H3/t17-,18-,19-,20+,21-,22-,23-,24-,25-,26+/m1/s1. The normalized spacial score (nSPS) is 36.6. The highest BCUT2D eigenvalue weighted by atomic mass is 16.7. The van der Waals surface area contributed by atoms with E-state index in [1.54, 1.807) is 0 Å². The van der Waals surface area contributed by atoms with Crippen LogP contribution in [0.3, 0.4) is 0 Å². The minimum atomic E-state index is -1.69. The Hall–Kier alpha value is -0.440. The fourth-order valence-electron chi connectivity index (χ4n) is 4.84. The molecule has 0 bridgehead atoms. The Balaban J connectivity index is 1.68. The van der Waals surface area contributed by atoms with Crippen LogP contribution in [-0.4, -0.2) is 117 Å². The van der Waals surface area contributed by atoms with Gasteiger partial charge >= 0.3 is 0 Å². The predicted molar refractivity (Wildman–Crippen MR) is 133 cm³/mol. The molecule has 220 valence electrons. The van der Waals surface area contributed by atoms with Crippen molar-refractivity contribution in [1.29, 1.82) is 0 Å². The van der Waals surface area contributed by atoms with Crippen LogP contribution in [0.4, 0.5) is 0 Å². The Morgan fingerprint density at radius 2 is 1.03 bits per heavy atom. The molecule has 2 rings (SSSR count). The molecule has 0 aromatic carbocycles. The summed E-state index contributed by atoms with van der Waals surface area (Å²) in [7, 11) is 0. The molecule has 2 aliphatic heterocycles. The first kappa shape index (κ1) is 32.8. The monoisotopic (exact) mass is 538 g/mol. The van der Waals surface area contributed by atoms with E-state index in [0.717, 1.165) is 19.3 Å². The Morgan fingerprint density at radius 1 is 0.541 bits per heavy atom. The van der Waals surface area contributed by atoms with Gasteiger partial charge in [0.1, 0.15) is 48.8 Å². The van der Waals surface area contributed by atoms with Gasteiger partial charge in [-0.1, -0.05) is 77.6 Å². The Morgan fingerprint density at radius 3 is 1.57 bits per heavy atom. The summed E-state index contributed by atoms with van der Waals surface area (Å²) in [6.45, 7) is 1.33. The second-order valence-corrected chi connectivity index (χ2v) is 10.3. The lowest BCUT2D eigenvalue weighted by molar-refractivity contribution is -0.359. The van der Waals surface area contributed by atoms with Crippen molar-refractivity contribution < 1.29 is 54.7 Å². The Kier molecular flexibility index (Phi) is 16.0. The molecule has 0 spiro atoms. The lowest BCUT2D eigenvalue weighted by atomic mass is 9.97. The molecule has 0 aromatic rings. The maximum atomic E-state index is 10.6. The second kappa shape index (κ2) is 18.0. The third-order valence-electron chi connectivity index (χ3n) is 7.24. The van der Waals surface area contributed by atoms with Gasteiger partial charge in [0, 0.05) is 6.61 Å². The van der Waals surface area contributed by atoms with Gasteiger partial charge in [-0.15, -0.1) is 0 Å². The zero-order chi connectivity index (χ0) is 27.2. The first-order valence-electron chi connectivity index (χ1n) is 14.1. The molecule has 0 unspecified atom stereocenters. The van der Waals surface area contributed by atoms with Crippen molar-refractivity contribution in [3.8, 4) is 0 Å². The summed E-state index contributed by atoms with van der Waals surface area (Å²) in [6.07, 6.45) is 0.153. The van der Waals surface area contributed by atoms with Crippen LogP contribution < -0.4 is 0 Å². The van der Waals surface area contributed by atoms with E-state index in [1.807, 2.05) is 0 Å². The highest BCUT2D eigenvalue weighted by Crippen LogP contribution is 2.29. The van der Waals surface area contributed by atoms with E-state index >= 15 is 0 Å². The molecule has 0 amide bonds. The molecule has 2 heterocycles. The molecule has 37 heavy (non-hydrogen) atoms. The van der Waals surface area contributed by atoms with Gasteiger partial charge in [0.05, 0.1) is 13.2 Å². The fourth-order valence-corrected chi connectivity index (χ4v) is 4.84. The maximum Gasteiger partial charge on any atom is 0.187 e. The predicted octanol–water partition coefficient (Wildman–Crippen LogP) is 0.328. The molecule has 2 fully saturated rings. The fraction of sp³-hybridized carbons (Fsp3) is 1.00. The summed E-state index contributed by atoms with van der Waals surface area (Å²) in [6, 6.07) is 0. The summed E-state index contributed by atoms with van der Waals surface area (Å²) in [5.41, 5.74) is 0. The highest BCUT2D eigenvalue weighted by molar-refractivity contribution is 4.94. The summed E-state index contributed by atoms with van der Waals surface area (Å²) in [5, 5.41) is 70.3. The number of rotatable bonds is 18. The molecule has 2 saturated heterocycles. The number of hydrogen-bond donors (Lipinski definition) is 7. The average Bonchev–Trinajstić information content (AvgIpc) is 2.90. The Bertz CT molecular complexity index is 579. The molecule has 11 heteroatoms. The van der Waals surface area contributed by atoms with Gasteiger partial charge in [-0.3, -0.25) is 0 Å². The number of hydrogen-bond acceptors (Lipinski definition) is 11. The summed E-state index contributed by atoms with van der Waals surface area (Å²) in [4.78, 5) is 0. The maximum absolute atomic E-state index is 10.6. The van der Waals surface area contributed by atoms with Crippen molar-refractivity contribution in [2.45, 2.75) is 145 Å². The van der Waals surface area contributed by atoms with Crippen molar-refractivity contribution in [3.05, 3.63) is 0 Å². The van der Waals surface area contributed by atoms with Crippen molar-refractivity contribution >= 4 is 0 Å². The van der Waals surface area contributed by atoms with Crippen molar-refractivity contribution in [3.63, 3.8) is 0 Å². The minimum Gasteiger partial charge on any atom is -0.394 e. The van der Waals surface area contributed by atoms with E-state index in [4.69, 9.17) is 18.9 Å². The molecule has 7 N–H and O–H groups in total. The van der Waals surface area contributed by atoms with Gasteiger partial charge in [0.25, 0.3) is 0 Å². The third kappa shape index (κ3) is 10.2. The van der Waals surface area contributed by atoms with E-state index in [1.165, 1.54) is 57.8 Å². The third-order valence-corrected chi connectivity index (χ3v) is 7.24. The largest absolute Gasteiger partial charge is 0.394 e. The zero-order valence-electron chi connectivity index (χ0n) is 22.1. The van der Waals surface area contributed by atoms with Crippen LogP contribution in [0.2, 0.25) is 0 Å². The molecule has 0 saturated carbocycles. The van der Waals surface area contributed by atoms with Gasteiger partial charge in [-0.25, -0.2) is 0 Å². The molecule has 0 radical (unpaired) electrons. The minimum absolute atomic E-state index is 0.322. The smallest absolute Gasteiger partial charge is 0.187 e. The summed E-state index contributed by atoms with van der Waals surface area (Å²) < 4.78 is 22.1. The van der Waals surface area contributed by atoms with Crippen LogP contribution in [0, 0.1) is 0 Å². The first-order valence-corrected chi connectivity index (χ1v) is 14.1. The SMILES string of the molecule is CCCCCCCCCCCCCCO[C@@H]1O[C@H](CO)[C@@H](O[C@@H]2O[C@H](CO)[C@@H](O)[C@H](O)[C@H]2O)[C@H](O)[C@H]1O. The van der Waals surface area contributed by atoms with Crippen LogP contribution in [0.25, 0.3) is 0 Å². The molecule has 0 aromatic heterocycles. The lowest BCUT2D eigenvalue weighted by Gasteiger charge is -2.45. The van der Waals surface area contributed by atoms with Crippen LogP contribution in [0.5, 0.6) is 0 Å². The van der Waals surface area contributed by atoms with Gasteiger partial charge in [0.15, 0.2) is 12.6 Å². The number of unbranched alkanes of at least 4 members (excludes halogenated alkanes) is 11. The van der Waals surface area contributed by atoms with Gasteiger partial charge < -0.3 is 54.7 Å². The first-order chi connectivity index (χ1) is 17.8. The number of aliphatic hydroxyl groups is 7. The molecule has 0 aliphatic carbocycles. The van der Waals surface area contributed by atoms with Crippen LogP contribution in [-0.2, 0) is 18.9 Å². The molecule has 10 atom stereocenters. The van der Waals surface area contributed by atoms with Gasteiger partial charge in [0.2, 0.25) is 0 Å². The highest BCUT2D eigenvalue weighted by Gasteiger charge is 2.50. The number of aliphatic hydroxyl groups excluding tert-OH is 7. The van der Waals surface area contributed by atoms with Crippen molar-refractivity contribution in [2.24, 2.45) is 0 Å². The van der Waals surface area contributed by atoms with Gasteiger partial charge in [-0.05, 0) is 6.42 Å². The Labute approximate surface area is 220 Å². The zero-order valence-corrected chi connectivity index (χ0v) is 22.1. The van der Waals surface area contributed by atoms with E-state index in [2.05, 4.69) is 6.92 Å². The summed E-state index contributed by atoms with van der Waals surface area (Å²) >= 11 is 0. The second-order valence-electron chi connectivity index (χ2n) is 10.3. The molecule has 2 aliphatic rings. The van der Waals surface area contributed by atoms with Crippen molar-refractivity contribution in [1.82, 2.24) is 0 Å². The van der Waals surface area contributed by atoms with E-state index in [-0.39, 0.29) is 0 Å². The lowest BCUT2D eigenvalue weighted by Crippen LogP contribution is -2.64. The van der Waals surface area contributed by atoms with Gasteiger partial charge in [-0.2, -0.15) is 0 Å². The molecular weight excluding hydrogens is 488 g/mol. The number of ether oxygens (including phenoxy) is 4. The topological polar surface area (TPSA) is 179 Å². The van der Waals surface area contributed by atoms with Crippen LogP contribution >= 0.6 is 0 Å². The van der Waals surface area contributed by atoms with E-state index in [9.17, 15) is 35.7 Å². The molecule has 11 nitrogen and oxygen atoms in total. The average molecular weight is 539 g/mol. The quantitative estimate of drug-likeness (QED) is 0.120.